The Labute approximate surface area is 282 Å². The highest BCUT2D eigenvalue weighted by Crippen LogP contribution is 2.47. The van der Waals surface area contributed by atoms with Gasteiger partial charge < -0.3 is 23.8 Å². The summed E-state index contributed by atoms with van der Waals surface area (Å²) in [6.45, 7) is 5.62. The van der Waals surface area contributed by atoms with Gasteiger partial charge in [0.1, 0.15) is 40.1 Å². The molecule has 2 saturated heterocycles. The first-order valence-corrected chi connectivity index (χ1v) is 17.4. The van der Waals surface area contributed by atoms with Gasteiger partial charge in [-0.05, 0) is 57.2 Å². The van der Waals surface area contributed by atoms with E-state index < -0.39 is 43.8 Å². The molecule has 2 fully saturated rings. The fourth-order valence-corrected chi connectivity index (χ4v) is 7.18. The molecule has 12 nitrogen and oxygen atoms in total. The van der Waals surface area contributed by atoms with Crippen LogP contribution in [-0.2, 0) is 19.3 Å². The molecule has 0 N–H and O–H groups in total. The van der Waals surface area contributed by atoms with Gasteiger partial charge in [-0.15, -0.1) is 0 Å². The lowest BCUT2D eigenvalue weighted by Gasteiger charge is -2.42. The lowest BCUT2D eigenvalue weighted by atomic mass is 9.91. The van der Waals surface area contributed by atoms with Crippen LogP contribution in [-0.4, -0.2) is 87.4 Å². The second-order valence-corrected chi connectivity index (χ2v) is 15.0. The summed E-state index contributed by atoms with van der Waals surface area (Å²) in [5.41, 5.74) is -1.83. The quantitative estimate of drug-likeness (QED) is 0.176. The van der Waals surface area contributed by atoms with Gasteiger partial charge in [-0.25, -0.2) is 32.0 Å². The van der Waals surface area contributed by atoms with Gasteiger partial charge in [0.2, 0.25) is 15.0 Å². The van der Waals surface area contributed by atoms with Gasteiger partial charge in [-0.1, -0.05) is 12.1 Å². The second kappa shape index (κ2) is 12.6. The number of benzene rings is 3. The number of ether oxygens (including phenoxy) is 4. The number of methoxy groups -OCH3 is 2. The second-order valence-electron chi connectivity index (χ2n) is 13.1. The number of carbonyl (C=O) groups excluding carboxylic acids is 1. The van der Waals surface area contributed by atoms with E-state index in [2.05, 4.69) is 9.97 Å². The predicted molar refractivity (Wildman–Crippen MR) is 176 cm³/mol. The smallest absolute Gasteiger partial charge is 0.410 e. The molecule has 15 heteroatoms. The maximum Gasteiger partial charge on any atom is 0.410 e. The summed E-state index contributed by atoms with van der Waals surface area (Å²) < 4.78 is 80.7. The summed E-state index contributed by atoms with van der Waals surface area (Å²) in [5.74, 6) is -1.66. The number of carbonyl (C=O) groups is 1. The van der Waals surface area contributed by atoms with E-state index in [1.54, 1.807) is 42.7 Å². The summed E-state index contributed by atoms with van der Waals surface area (Å²) in [4.78, 5) is 25.2. The van der Waals surface area contributed by atoms with Crippen LogP contribution in [0.4, 0.5) is 19.4 Å². The zero-order chi connectivity index (χ0) is 35.4. The molecule has 258 valence electrons. The molecule has 6 rings (SSSR count). The number of rotatable bonds is 7. The lowest BCUT2D eigenvalue weighted by Crippen LogP contribution is -2.57. The predicted octanol–water partition coefficient (Wildman–Crippen LogP) is 5.58. The number of piperazine rings is 1. The number of amides is 1. The summed E-state index contributed by atoms with van der Waals surface area (Å²) in [6, 6.07) is 8.63. The highest BCUT2D eigenvalue weighted by Gasteiger charge is 2.45. The largest absolute Gasteiger partial charge is 0.494 e. The number of aromatic nitrogens is 2. The van der Waals surface area contributed by atoms with Crippen LogP contribution in [0.25, 0.3) is 32.8 Å². The van der Waals surface area contributed by atoms with E-state index in [9.17, 15) is 18.5 Å². The number of halogens is 2. The fraction of sp³-hybridized carbons (Fsp3) is 0.412. The van der Waals surface area contributed by atoms with E-state index in [0.717, 1.165) is 6.26 Å². The van der Waals surface area contributed by atoms with Crippen LogP contribution in [0.15, 0.2) is 35.5 Å². The van der Waals surface area contributed by atoms with E-state index in [1.165, 1.54) is 32.4 Å². The normalized spacial score (nSPS) is 17.8. The number of anilines is 1. The first-order valence-electron chi connectivity index (χ1n) is 15.5. The van der Waals surface area contributed by atoms with Crippen molar-refractivity contribution in [1.82, 2.24) is 14.9 Å². The molecule has 3 heterocycles. The first-order chi connectivity index (χ1) is 23.2. The van der Waals surface area contributed by atoms with Crippen molar-refractivity contribution < 1.29 is 40.9 Å². The monoisotopic (exact) mass is 695 g/mol. The van der Waals surface area contributed by atoms with E-state index >= 15 is 8.78 Å². The highest BCUT2D eigenvalue weighted by atomic mass is 32.2. The topological polar surface area (TPSA) is 144 Å². The Balaban J connectivity index is 1.61. The van der Waals surface area contributed by atoms with Crippen molar-refractivity contribution in [3.63, 3.8) is 0 Å². The van der Waals surface area contributed by atoms with Crippen molar-refractivity contribution in [2.45, 2.75) is 56.5 Å². The van der Waals surface area contributed by atoms with Gasteiger partial charge >= 0.3 is 6.09 Å². The summed E-state index contributed by atoms with van der Waals surface area (Å²) in [7, 11) is -1.40. The molecule has 49 heavy (non-hydrogen) atoms. The molecule has 1 aromatic heterocycles. The van der Waals surface area contributed by atoms with E-state index in [1.807, 2.05) is 6.07 Å². The first kappa shape index (κ1) is 34.1. The zero-order valence-electron chi connectivity index (χ0n) is 27.8. The zero-order valence-corrected chi connectivity index (χ0v) is 28.7. The van der Waals surface area contributed by atoms with E-state index in [-0.39, 0.29) is 76.7 Å². The van der Waals surface area contributed by atoms with Crippen molar-refractivity contribution in [1.29, 1.82) is 5.26 Å². The van der Waals surface area contributed by atoms with Crippen molar-refractivity contribution in [2.24, 2.45) is 0 Å². The van der Waals surface area contributed by atoms with Crippen LogP contribution < -0.4 is 14.4 Å². The third-order valence-corrected chi connectivity index (χ3v) is 9.39. The van der Waals surface area contributed by atoms with Crippen LogP contribution in [0.5, 0.6) is 11.5 Å². The number of hydrogen-bond acceptors (Lipinski definition) is 11. The fourth-order valence-electron chi connectivity index (χ4n) is 6.67. The van der Waals surface area contributed by atoms with Gasteiger partial charge in [0.05, 0.1) is 24.6 Å². The number of fused-ring (bicyclic) bond motifs is 4. The molecule has 0 aliphatic carbocycles. The Bertz CT molecular complexity index is 2140. The van der Waals surface area contributed by atoms with Crippen LogP contribution in [0, 0.1) is 23.0 Å². The van der Waals surface area contributed by atoms with Crippen LogP contribution in [0.3, 0.4) is 0 Å². The van der Waals surface area contributed by atoms with Crippen molar-refractivity contribution in [3.8, 4) is 28.7 Å². The third kappa shape index (κ3) is 6.15. The molecule has 3 aromatic carbocycles. The lowest BCUT2D eigenvalue weighted by molar-refractivity contribution is 0.0122. The highest BCUT2D eigenvalue weighted by molar-refractivity contribution is 7.90. The molecule has 0 radical (unpaired) electrons. The van der Waals surface area contributed by atoms with Crippen molar-refractivity contribution in [3.05, 3.63) is 47.5 Å². The Morgan fingerprint density at radius 2 is 1.78 bits per heavy atom. The minimum absolute atomic E-state index is 0.00322. The van der Waals surface area contributed by atoms with Gasteiger partial charge in [0.15, 0.2) is 18.4 Å². The summed E-state index contributed by atoms with van der Waals surface area (Å²) in [5, 5.41) is 10.2. The minimum Gasteiger partial charge on any atom is -0.494 e. The summed E-state index contributed by atoms with van der Waals surface area (Å²) in [6.07, 6.45) is 1.75. The number of nitrogens with zero attached hydrogens (tertiary/aromatic N) is 5. The molecule has 2 unspecified atom stereocenters. The van der Waals surface area contributed by atoms with Crippen molar-refractivity contribution in [2.75, 3.05) is 45.3 Å². The molecular formula is C34H35F2N5O7S. The van der Waals surface area contributed by atoms with Gasteiger partial charge in [0, 0.05) is 43.0 Å². The standard InChI is InChI=1S/C34H35F2N5O7S/c1-34(2,3)48-33(42)41-19-10-11-20(41)16-40(15-19)31-27-29(38-32(39-31)49(6,43)44)28(36)26(23(14-37)30(27)46-5)22-13-21(47-17-45-4)12-18-8-7-9-24(35)25(18)22/h7-9,12-13,19-20H,10-11,15-17H2,1-6H3. The molecular weight excluding hydrogens is 660 g/mol. The molecule has 2 aliphatic rings. The molecule has 2 atom stereocenters. The van der Waals surface area contributed by atoms with Crippen molar-refractivity contribution >= 4 is 43.4 Å². The SMILES string of the molecule is COCOc1cc(-c2c(C#N)c(OC)c3c(N4CC5CCC(C4)N5C(=O)OC(C)(C)C)nc(S(C)(=O)=O)nc3c2F)c2c(F)cccc2c1. The van der Waals surface area contributed by atoms with Crippen LogP contribution >= 0.6 is 0 Å². The molecule has 4 aromatic rings. The maximum atomic E-state index is 17.2. The number of hydrogen-bond donors (Lipinski definition) is 0. The number of nitriles is 1. The van der Waals surface area contributed by atoms with E-state index in [4.69, 9.17) is 18.9 Å². The number of sulfone groups is 1. The Morgan fingerprint density at radius 1 is 1.08 bits per heavy atom. The van der Waals surface area contributed by atoms with E-state index in [0.29, 0.717) is 18.2 Å². The van der Waals surface area contributed by atoms with Crippen LogP contribution in [0.2, 0.25) is 0 Å². The molecule has 0 saturated carbocycles. The molecule has 0 spiro atoms. The van der Waals surface area contributed by atoms with Gasteiger partial charge in [0.25, 0.3) is 0 Å². The Kier molecular flexibility index (Phi) is 8.74. The Hall–Kier alpha value is -4.81. The summed E-state index contributed by atoms with van der Waals surface area (Å²) >= 11 is 0. The minimum atomic E-state index is -4.10. The Morgan fingerprint density at radius 3 is 2.37 bits per heavy atom. The van der Waals surface area contributed by atoms with Gasteiger partial charge in [-0.2, -0.15) is 5.26 Å². The average Bonchev–Trinajstić information content (AvgIpc) is 3.31. The average molecular weight is 696 g/mol. The third-order valence-electron chi connectivity index (χ3n) is 8.55. The molecule has 2 aliphatic heterocycles. The van der Waals surface area contributed by atoms with Gasteiger partial charge in [-0.3, -0.25) is 4.90 Å². The molecule has 2 bridgehead atoms. The molecule has 1 amide bonds. The maximum absolute atomic E-state index is 17.2. The van der Waals surface area contributed by atoms with Crippen LogP contribution in [0.1, 0.15) is 39.2 Å².